The van der Waals surface area contributed by atoms with E-state index in [0.29, 0.717) is 11.8 Å². The Morgan fingerprint density at radius 3 is 1.45 bits per heavy atom. The number of hydrogen-bond acceptors (Lipinski definition) is 2. The van der Waals surface area contributed by atoms with Gasteiger partial charge in [0.25, 0.3) is 0 Å². The van der Waals surface area contributed by atoms with Crippen molar-refractivity contribution in [2.24, 2.45) is 11.8 Å². The fourth-order valence-electron chi connectivity index (χ4n) is 5.09. The van der Waals surface area contributed by atoms with E-state index in [9.17, 15) is 0 Å². The average Bonchev–Trinajstić information content (AvgIpc) is 3.08. The minimum absolute atomic E-state index is 0.564. The number of aryl methyl sites for hydroxylation is 2. The average molecular weight is 451 g/mol. The molecule has 0 fully saturated rings. The molecule has 2 heteroatoms. The van der Waals surface area contributed by atoms with E-state index in [1.165, 1.54) is 71.9 Å². The number of fused-ring (bicyclic) bond motifs is 3. The van der Waals surface area contributed by atoms with Gasteiger partial charge >= 0.3 is 0 Å². The number of unbranched alkanes of at least 4 members (excludes halogenated alkanes) is 2. The summed E-state index contributed by atoms with van der Waals surface area (Å²) in [4.78, 5) is 0. The molecule has 0 N–H and O–H groups in total. The molecule has 1 aliphatic rings. The predicted octanol–water partition coefficient (Wildman–Crippen LogP) is 8.95. The minimum Gasteiger partial charge on any atom is -0.342 e. The van der Waals surface area contributed by atoms with Crippen LogP contribution < -0.4 is 0 Å². The molecule has 2 atom stereocenters. The van der Waals surface area contributed by atoms with Gasteiger partial charge in [-0.25, -0.2) is 0 Å². The van der Waals surface area contributed by atoms with Crippen LogP contribution in [0.5, 0.6) is 0 Å². The van der Waals surface area contributed by atoms with Gasteiger partial charge in [0.1, 0.15) is 0 Å². The monoisotopic (exact) mass is 450 g/mol. The lowest BCUT2D eigenvalue weighted by Gasteiger charge is -2.35. The highest BCUT2D eigenvalue weighted by Crippen LogP contribution is 2.51. The molecule has 0 radical (unpaired) electrons. The lowest BCUT2D eigenvalue weighted by molar-refractivity contribution is -0.228. The summed E-state index contributed by atoms with van der Waals surface area (Å²) in [6.45, 7) is 14.9. The third kappa shape index (κ3) is 5.89. The summed E-state index contributed by atoms with van der Waals surface area (Å²) in [5.41, 5.74) is 7.42. The summed E-state index contributed by atoms with van der Waals surface area (Å²) in [6, 6.07) is 13.5. The molecule has 2 aromatic carbocycles. The zero-order chi connectivity index (χ0) is 23.8. The first-order valence-corrected chi connectivity index (χ1v) is 13.5. The minimum atomic E-state index is -0.804. The molecule has 2 unspecified atom stereocenters. The van der Waals surface area contributed by atoms with E-state index in [4.69, 9.17) is 9.47 Å². The van der Waals surface area contributed by atoms with Crippen LogP contribution in [0.3, 0.4) is 0 Å². The number of benzene rings is 2. The van der Waals surface area contributed by atoms with E-state index in [0.717, 1.165) is 26.1 Å². The molecule has 0 saturated heterocycles. The third-order valence-corrected chi connectivity index (χ3v) is 7.48. The largest absolute Gasteiger partial charge is 0.342 e. The highest BCUT2D eigenvalue weighted by molar-refractivity contribution is 5.80. The Balaban J connectivity index is 2.02. The van der Waals surface area contributed by atoms with E-state index >= 15 is 0 Å². The topological polar surface area (TPSA) is 18.5 Å². The Hall–Kier alpha value is -1.64. The first-order chi connectivity index (χ1) is 16.0. The maximum Gasteiger partial charge on any atom is 0.223 e. The van der Waals surface area contributed by atoms with Crippen molar-refractivity contribution in [3.8, 4) is 11.1 Å². The van der Waals surface area contributed by atoms with Gasteiger partial charge in [0, 0.05) is 11.1 Å². The zero-order valence-electron chi connectivity index (χ0n) is 22.0. The molecular weight excluding hydrogens is 404 g/mol. The normalized spacial score (nSPS) is 15.8. The molecule has 1 aliphatic carbocycles. The van der Waals surface area contributed by atoms with Crippen molar-refractivity contribution < 1.29 is 9.47 Å². The summed E-state index contributed by atoms with van der Waals surface area (Å²) in [7, 11) is 0. The van der Waals surface area contributed by atoms with Gasteiger partial charge in [0.2, 0.25) is 5.79 Å². The lowest BCUT2D eigenvalue weighted by atomic mass is 9.97. The van der Waals surface area contributed by atoms with Gasteiger partial charge in [-0.2, -0.15) is 0 Å². The molecule has 0 spiro atoms. The van der Waals surface area contributed by atoms with Crippen LogP contribution >= 0.6 is 0 Å². The Morgan fingerprint density at radius 1 is 0.667 bits per heavy atom. The molecule has 0 aromatic heterocycles. The molecule has 0 aliphatic heterocycles. The van der Waals surface area contributed by atoms with Crippen molar-refractivity contribution in [2.75, 3.05) is 13.2 Å². The Labute approximate surface area is 203 Å². The number of hydrogen-bond donors (Lipinski definition) is 0. The number of rotatable bonds is 14. The summed E-state index contributed by atoms with van der Waals surface area (Å²) < 4.78 is 14.0. The zero-order valence-corrected chi connectivity index (χ0v) is 22.0. The van der Waals surface area contributed by atoms with Gasteiger partial charge in [-0.1, -0.05) is 102 Å². The molecule has 33 heavy (non-hydrogen) atoms. The summed E-state index contributed by atoms with van der Waals surface area (Å²) in [5, 5.41) is 0. The van der Waals surface area contributed by atoms with Gasteiger partial charge in [0.05, 0.1) is 13.2 Å². The van der Waals surface area contributed by atoms with Crippen molar-refractivity contribution in [3.05, 3.63) is 58.7 Å². The highest BCUT2D eigenvalue weighted by atomic mass is 16.7. The van der Waals surface area contributed by atoms with Crippen LogP contribution in [-0.4, -0.2) is 13.2 Å². The maximum atomic E-state index is 6.98. The Morgan fingerprint density at radius 2 is 1.09 bits per heavy atom. The maximum absolute atomic E-state index is 6.98. The van der Waals surface area contributed by atoms with E-state index in [-0.39, 0.29) is 0 Å². The van der Waals surface area contributed by atoms with Crippen molar-refractivity contribution in [2.45, 2.75) is 98.7 Å². The van der Waals surface area contributed by atoms with E-state index in [2.05, 4.69) is 77.9 Å². The molecule has 0 heterocycles. The van der Waals surface area contributed by atoms with E-state index in [1.807, 2.05) is 0 Å². The molecule has 3 rings (SSSR count). The van der Waals surface area contributed by atoms with Crippen LogP contribution in [0.1, 0.15) is 101 Å². The fourth-order valence-corrected chi connectivity index (χ4v) is 5.09. The van der Waals surface area contributed by atoms with Crippen LogP contribution in [0.15, 0.2) is 36.4 Å². The second-order valence-electron chi connectivity index (χ2n) is 10.2. The Bertz CT molecular complexity index is 811. The quantitative estimate of drug-likeness (QED) is 0.267. The second kappa shape index (κ2) is 12.2. The van der Waals surface area contributed by atoms with Gasteiger partial charge in [0.15, 0.2) is 0 Å². The summed E-state index contributed by atoms with van der Waals surface area (Å²) >= 11 is 0. The van der Waals surface area contributed by atoms with Gasteiger partial charge in [-0.15, -0.1) is 0 Å². The SMILES string of the molecule is CCCCC(CC)COC1(OCC(CC)CCCC)c2cc(C)ccc2-c2ccc(C)cc21. The second-order valence-corrected chi connectivity index (χ2v) is 10.2. The first kappa shape index (κ1) is 26.0. The van der Waals surface area contributed by atoms with Crippen LogP contribution in [-0.2, 0) is 15.3 Å². The summed E-state index contributed by atoms with van der Waals surface area (Å²) in [5.74, 6) is 0.325. The molecular formula is C31H46O2. The van der Waals surface area contributed by atoms with Crippen molar-refractivity contribution in [3.63, 3.8) is 0 Å². The fraction of sp³-hybridized carbons (Fsp3) is 0.613. The van der Waals surface area contributed by atoms with Crippen molar-refractivity contribution in [1.82, 2.24) is 0 Å². The standard InChI is InChI=1S/C31H46O2/c1-7-11-13-25(9-3)21-32-31(33-22-26(10-4)14-12-8-2)29-19-23(5)15-17-27(29)28-18-16-24(6)20-30(28)31/h15-20,25-26H,7-14,21-22H2,1-6H3. The molecule has 182 valence electrons. The van der Waals surface area contributed by atoms with Gasteiger partial charge < -0.3 is 9.47 Å². The molecule has 2 nitrogen and oxygen atoms in total. The molecule has 2 aromatic rings. The lowest BCUT2D eigenvalue weighted by Crippen LogP contribution is -2.36. The van der Waals surface area contributed by atoms with Gasteiger partial charge in [-0.3, -0.25) is 0 Å². The third-order valence-electron chi connectivity index (χ3n) is 7.48. The van der Waals surface area contributed by atoms with Crippen LogP contribution in [0, 0.1) is 25.7 Å². The van der Waals surface area contributed by atoms with Crippen LogP contribution in [0.25, 0.3) is 11.1 Å². The number of ether oxygens (including phenoxy) is 2. The highest BCUT2D eigenvalue weighted by Gasteiger charge is 2.46. The predicted molar refractivity (Wildman–Crippen MR) is 141 cm³/mol. The Kier molecular flexibility index (Phi) is 9.58. The summed E-state index contributed by atoms with van der Waals surface area (Å²) in [6.07, 6.45) is 9.72. The molecule has 0 bridgehead atoms. The first-order valence-electron chi connectivity index (χ1n) is 13.5. The smallest absolute Gasteiger partial charge is 0.223 e. The van der Waals surface area contributed by atoms with Crippen molar-refractivity contribution >= 4 is 0 Å². The van der Waals surface area contributed by atoms with Crippen molar-refractivity contribution in [1.29, 1.82) is 0 Å². The van der Waals surface area contributed by atoms with Crippen LogP contribution in [0.4, 0.5) is 0 Å². The van der Waals surface area contributed by atoms with Gasteiger partial charge in [-0.05, 0) is 61.8 Å². The molecule has 0 amide bonds. The van der Waals surface area contributed by atoms with E-state index in [1.54, 1.807) is 0 Å². The molecule has 0 saturated carbocycles. The van der Waals surface area contributed by atoms with Crippen LogP contribution in [0.2, 0.25) is 0 Å². The van der Waals surface area contributed by atoms with E-state index < -0.39 is 5.79 Å².